The molecule has 0 aliphatic heterocycles. The van der Waals surface area contributed by atoms with Gasteiger partial charge in [-0.2, -0.15) is 0 Å². The smallest absolute Gasteiger partial charge is 0.347 e. The van der Waals surface area contributed by atoms with Gasteiger partial charge < -0.3 is 19.9 Å². The fourth-order valence-corrected chi connectivity index (χ4v) is 2.22. The molecule has 0 radical (unpaired) electrons. The van der Waals surface area contributed by atoms with E-state index in [9.17, 15) is 9.18 Å². The minimum absolute atomic E-state index is 0.278. The first-order valence-corrected chi connectivity index (χ1v) is 8.11. The highest BCUT2D eigenvalue weighted by atomic mass is 19.1. The summed E-state index contributed by atoms with van der Waals surface area (Å²) in [5.41, 5.74) is 6.44. The molecule has 2 aromatic rings. The molecule has 0 spiro atoms. The molecule has 1 unspecified atom stereocenters. The first-order chi connectivity index (χ1) is 12.0. The van der Waals surface area contributed by atoms with Gasteiger partial charge in [0.15, 0.2) is 6.10 Å². The quantitative estimate of drug-likeness (QED) is 0.743. The largest absolute Gasteiger partial charge is 0.492 e. The van der Waals surface area contributed by atoms with Crippen molar-refractivity contribution in [3.8, 4) is 22.6 Å². The highest BCUT2D eigenvalue weighted by Crippen LogP contribution is 2.29. The minimum atomic E-state index is -0.773. The summed E-state index contributed by atoms with van der Waals surface area (Å²) in [6, 6.07) is 11.3. The van der Waals surface area contributed by atoms with Crippen LogP contribution in [0.15, 0.2) is 42.5 Å². The molecule has 2 N–H and O–H groups in total. The first kappa shape index (κ1) is 18.7. The molecule has 0 fully saturated rings. The van der Waals surface area contributed by atoms with E-state index in [4.69, 9.17) is 19.9 Å². The second-order valence-electron chi connectivity index (χ2n) is 5.32. The molecular formula is C19H22FNO4. The van der Waals surface area contributed by atoms with Crippen LogP contribution in [0.5, 0.6) is 11.5 Å². The number of ether oxygens (including phenoxy) is 3. The van der Waals surface area contributed by atoms with E-state index >= 15 is 0 Å². The number of hydrogen-bond acceptors (Lipinski definition) is 5. The monoisotopic (exact) mass is 347 g/mol. The zero-order valence-corrected chi connectivity index (χ0v) is 14.3. The number of carbonyl (C=O) groups is 1. The van der Waals surface area contributed by atoms with Crippen LogP contribution >= 0.6 is 0 Å². The lowest BCUT2D eigenvalue weighted by molar-refractivity contribution is -0.150. The molecule has 25 heavy (non-hydrogen) atoms. The number of halogens is 1. The maximum absolute atomic E-state index is 14.2. The van der Waals surface area contributed by atoms with Crippen molar-refractivity contribution < 1.29 is 23.4 Å². The lowest BCUT2D eigenvalue weighted by atomic mass is 10.0. The minimum Gasteiger partial charge on any atom is -0.492 e. The van der Waals surface area contributed by atoms with Crippen molar-refractivity contribution in [2.45, 2.75) is 20.0 Å². The SMILES string of the molecule is CCOC(=O)C(C)Oc1ccc(F)c(-c2ccc(OCCN)cc2)c1. The fraction of sp³-hybridized carbons (Fsp3) is 0.316. The average molecular weight is 347 g/mol. The van der Waals surface area contributed by atoms with Gasteiger partial charge in [0.05, 0.1) is 6.61 Å². The molecule has 0 amide bonds. The summed E-state index contributed by atoms with van der Waals surface area (Å²) >= 11 is 0. The van der Waals surface area contributed by atoms with Gasteiger partial charge in [-0.3, -0.25) is 0 Å². The van der Waals surface area contributed by atoms with Crippen LogP contribution in [-0.4, -0.2) is 31.8 Å². The van der Waals surface area contributed by atoms with Gasteiger partial charge in [-0.05, 0) is 49.7 Å². The third kappa shape index (κ3) is 5.19. The summed E-state index contributed by atoms with van der Waals surface area (Å²) in [5.74, 6) is 0.208. The van der Waals surface area contributed by atoms with Crippen LogP contribution < -0.4 is 15.2 Å². The Morgan fingerprint density at radius 1 is 1.16 bits per heavy atom. The highest BCUT2D eigenvalue weighted by molar-refractivity contribution is 5.74. The van der Waals surface area contributed by atoms with E-state index in [-0.39, 0.29) is 12.4 Å². The van der Waals surface area contributed by atoms with E-state index in [1.165, 1.54) is 12.1 Å². The predicted molar refractivity (Wildman–Crippen MR) is 93.1 cm³/mol. The Hall–Kier alpha value is -2.60. The van der Waals surface area contributed by atoms with Gasteiger partial charge in [-0.15, -0.1) is 0 Å². The third-order valence-corrected chi connectivity index (χ3v) is 3.42. The molecule has 6 heteroatoms. The Kier molecular flexibility index (Phi) is 6.77. The van der Waals surface area contributed by atoms with Crippen molar-refractivity contribution in [2.24, 2.45) is 5.73 Å². The van der Waals surface area contributed by atoms with Crippen LogP contribution in [0.2, 0.25) is 0 Å². The molecular weight excluding hydrogens is 325 g/mol. The number of carbonyl (C=O) groups excluding carboxylic acids is 1. The van der Waals surface area contributed by atoms with Crippen LogP contribution in [0.3, 0.4) is 0 Å². The van der Waals surface area contributed by atoms with Gasteiger partial charge in [0.25, 0.3) is 0 Å². The van der Waals surface area contributed by atoms with Crippen LogP contribution in [-0.2, 0) is 9.53 Å². The molecule has 0 bridgehead atoms. The Morgan fingerprint density at radius 3 is 2.48 bits per heavy atom. The third-order valence-electron chi connectivity index (χ3n) is 3.42. The number of hydrogen-bond donors (Lipinski definition) is 1. The van der Waals surface area contributed by atoms with Crippen molar-refractivity contribution in [3.05, 3.63) is 48.3 Å². The molecule has 0 aromatic heterocycles. The van der Waals surface area contributed by atoms with Crippen LogP contribution in [0, 0.1) is 5.82 Å². The summed E-state index contributed by atoms with van der Waals surface area (Å²) in [7, 11) is 0. The van der Waals surface area contributed by atoms with Gasteiger partial charge in [-0.1, -0.05) is 12.1 Å². The summed E-state index contributed by atoms with van der Waals surface area (Å²) < 4.78 is 30.0. The van der Waals surface area contributed by atoms with Crippen molar-refractivity contribution in [1.82, 2.24) is 0 Å². The Bertz CT molecular complexity index is 703. The molecule has 2 rings (SSSR count). The molecule has 0 aliphatic carbocycles. The summed E-state index contributed by atoms with van der Waals surface area (Å²) in [6.07, 6.45) is -0.773. The summed E-state index contributed by atoms with van der Waals surface area (Å²) in [6.45, 7) is 4.43. The zero-order chi connectivity index (χ0) is 18.2. The Morgan fingerprint density at radius 2 is 1.84 bits per heavy atom. The number of nitrogens with two attached hydrogens (primary N) is 1. The fourth-order valence-electron chi connectivity index (χ4n) is 2.22. The van der Waals surface area contributed by atoms with E-state index in [1.54, 1.807) is 44.2 Å². The lowest BCUT2D eigenvalue weighted by Gasteiger charge is -2.14. The van der Waals surface area contributed by atoms with E-state index in [0.29, 0.717) is 35.8 Å². The molecule has 0 aliphatic rings. The lowest BCUT2D eigenvalue weighted by Crippen LogP contribution is -2.26. The average Bonchev–Trinajstić information content (AvgIpc) is 2.62. The molecule has 5 nitrogen and oxygen atoms in total. The van der Waals surface area contributed by atoms with Gasteiger partial charge in [0.2, 0.25) is 0 Å². The highest BCUT2D eigenvalue weighted by Gasteiger charge is 2.16. The van der Waals surface area contributed by atoms with Crippen LogP contribution in [0.4, 0.5) is 4.39 Å². The second-order valence-corrected chi connectivity index (χ2v) is 5.32. The summed E-state index contributed by atoms with van der Waals surface area (Å²) in [4.78, 5) is 11.6. The first-order valence-electron chi connectivity index (χ1n) is 8.11. The number of esters is 1. The maximum Gasteiger partial charge on any atom is 0.347 e. The van der Waals surface area contributed by atoms with Crippen LogP contribution in [0.1, 0.15) is 13.8 Å². The van der Waals surface area contributed by atoms with Gasteiger partial charge >= 0.3 is 5.97 Å². The number of benzene rings is 2. The van der Waals surface area contributed by atoms with Crippen molar-refractivity contribution in [3.63, 3.8) is 0 Å². The number of rotatable bonds is 8. The van der Waals surface area contributed by atoms with Crippen LogP contribution in [0.25, 0.3) is 11.1 Å². The Labute approximate surface area is 146 Å². The topological polar surface area (TPSA) is 70.8 Å². The molecule has 1 atom stereocenters. The maximum atomic E-state index is 14.2. The molecule has 0 saturated carbocycles. The Balaban J connectivity index is 2.17. The normalized spacial score (nSPS) is 11.7. The van der Waals surface area contributed by atoms with Crippen molar-refractivity contribution >= 4 is 5.97 Å². The van der Waals surface area contributed by atoms with Crippen molar-refractivity contribution in [2.75, 3.05) is 19.8 Å². The van der Waals surface area contributed by atoms with E-state index in [1.807, 2.05) is 0 Å². The zero-order valence-electron chi connectivity index (χ0n) is 14.3. The molecule has 2 aromatic carbocycles. The van der Waals surface area contributed by atoms with E-state index in [0.717, 1.165) is 0 Å². The molecule has 134 valence electrons. The second kappa shape index (κ2) is 9.03. The predicted octanol–water partition coefficient (Wildman–Crippen LogP) is 3.16. The van der Waals surface area contributed by atoms with Crippen molar-refractivity contribution in [1.29, 1.82) is 0 Å². The summed E-state index contributed by atoms with van der Waals surface area (Å²) in [5, 5.41) is 0. The standard InChI is InChI=1S/C19H22FNO4/c1-3-23-19(22)13(2)25-16-8-9-18(20)17(12-16)14-4-6-15(7-5-14)24-11-10-21/h4-9,12-13H,3,10-11,21H2,1-2H3. The van der Waals surface area contributed by atoms with E-state index < -0.39 is 12.1 Å². The molecule has 0 heterocycles. The van der Waals surface area contributed by atoms with E-state index in [2.05, 4.69) is 0 Å². The van der Waals surface area contributed by atoms with Gasteiger partial charge in [0, 0.05) is 12.1 Å². The van der Waals surface area contributed by atoms with Gasteiger partial charge in [-0.25, -0.2) is 9.18 Å². The molecule has 0 saturated heterocycles. The van der Waals surface area contributed by atoms with Gasteiger partial charge in [0.1, 0.15) is 23.9 Å².